The minimum absolute atomic E-state index is 0.00993. The van der Waals surface area contributed by atoms with Gasteiger partial charge in [-0.15, -0.1) is 0 Å². The number of ether oxygens (including phenoxy) is 1. The highest BCUT2D eigenvalue weighted by Gasteiger charge is 2.22. The molecule has 0 spiro atoms. The third-order valence-corrected chi connectivity index (χ3v) is 4.14. The lowest BCUT2D eigenvalue weighted by molar-refractivity contribution is -0.384. The number of non-ortho nitro benzene ring substituents is 1. The Morgan fingerprint density at radius 1 is 1.19 bits per heavy atom. The maximum atomic E-state index is 12.2. The highest BCUT2D eigenvalue weighted by atomic mass is 35.5. The molecule has 1 N–H and O–H groups in total. The van der Waals surface area contributed by atoms with Gasteiger partial charge in [-0.05, 0) is 24.6 Å². The zero-order valence-electron chi connectivity index (χ0n) is 13.6. The van der Waals surface area contributed by atoms with Crippen LogP contribution in [0.15, 0.2) is 42.5 Å². The molecule has 2 rings (SSSR count). The number of nitrogens with zero attached hydrogens (tertiary/aromatic N) is 1. The van der Waals surface area contributed by atoms with Gasteiger partial charge in [0.2, 0.25) is 0 Å². The van der Waals surface area contributed by atoms with Gasteiger partial charge in [0.15, 0.2) is 6.10 Å². The summed E-state index contributed by atoms with van der Waals surface area (Å²) in [5, 5.41) is 13.9. The van der Waals surface area contributed by atoms with E-state index in [2.05, 4.69) is 5.32 Å². The summed E-state index contributed by atoms with van der Waals surface area (Å²) < 4.78 is 5.04. The van der Waals surface area contributed by atoms with E-state index in [1.54, 1.807) is 24.3 Å². The van der Waals surface area contributed by atoms with Crippen LogP contribution in [0.1, 0.15) is 22.8 Å². The molecule has 0 fully saturated rings. The quantitative estimate of drug-likeness (QED) is 0.455. The average Bonchev–Trinajstić information content (AvgIpc) is 2.60. The molecule has 2 aromatic rings. The van der Waals surface area contributed by atoms with Gasteiger partial charge in [0.1, 0.15) is 0 Å². The Morgan fingerprint density at radius 2 is 1.88 bits per heavy atom. The van der Waals surface area contributed by atoms with E-state index in [9.17, 15) is 19.7 Å². The van der Waals surface area contributed by atoms with Gasteiger partial charge >= 0.3 is 5.97 Å². The van der Waals surface area contributed by atoms with Crippen LogP contribution >= 0.6 is 23.2 Å². The molecule has 26 heavy (non-hydrogen) atoms. The highest BCUT2D eigenvalue weighted by Crippen LogP contribution is 2.23. The minimum atomic E-state index is -1.12. The first-order valence-corrected chi connectivity index (χ1v) is 8.21. The standard InChI is InChI=1S/C17H14Cl2N2O5/c1-10(16(22)20-9-11-4-2-3-5-14(11)18)26-17(23)13-8-12(21(24)25)6-7-15(13)19/h2-8,10H,9H2,1H3,(H,20,22). The van der Waals surface area contributed by atoms with Crippen LogP contribution in [0.5, 0.6) is 0 Å². The number of carbonyl (C=O) groups is 2. The van der Waals surface area contributed by atoms with Crippen LogP contribution in [-0.4, -0.2) is 22.9 Å². The maximum Gasteiger partial charge on any atom is 0.340 e. The van der Waals surface area contributed by atoms with Crippen LogP contribution in [0.4, 0.5) is 5.69 Å². The lowest BCUT2D eigenvalue weighted by Crippen LogP contribution is -2.35. The van der Waals surface area contributed by atoms with E-state index < -0.39 is 22.9 Å². The fourth-order valence-electron chi connectivity index (χ4n) is 2.03. The molecule has 0 aromatic heterocycles. The Hall–Kier alpha value is -2.64. The molecule has 0 aliphatic rings. The van der Waals surface area contributed by atoms with Gasteiger partial charge in [-0.25, -0.2) is 4.79 Å². The topological polar surface area (TPSA) is 98.5 Å². The summed E-state index contributed by atoms with van der Waals surface area (Å²) in [6.07, 6.45) is -1.12. The van der Waals surface area contributed by atoms with E-state index in [0.717, 1.165) is 6.07 Å². The molecule has 136 valence electrons. The number of carbonyl (C=O) groups excluding carboxylic acids is 2. The highest BCUT2D eigenvalue weighted by molar-refractivity contribution is 6.33. The number of nitro groups is 1. The molecule has 0 saturated carbocycles. The fourth-order valence-corrected chi connectivity index (χ4v) is 2.43. The predicted octanol–water partition coefficient (Wildman–Crippen LogP) is 3.76. The third kappa shape index (κ3) is 4.93. The Labute approximate surface area is 159 Å². The Morgan fingerprint density at radius 3 is 2.54 bits per heavy atom. The van der Waals surface area contributed by atoms with Gasteiger partial charge in [-0.1, -0.05) is 41.4 Å². The molecule has 1 unspecified atom stereocenters. The summed E-state index contributed by atoms with van der Waals surface area (Å²) in [4.78, 5) is 34.4. The first-order chi connectivity index (χ1) is 12.3. The second kappa shape index (κ2) is 8.64. The van der Waals surface area contributed by atoms with Crippen molar-refractivity contribution in [2.24, 2.45) is 0 Å². The Kier molecular flexibility index (Phi) is 6.54. The van der Waals surface area contributed by atoms with Crippen LogP contribution in [0.3, 0.4) is 0 Å². The summed E-state index contributed by atoms with van der Waals surface area (Å²) in [6.45, 7) is 1.54. The number of nitrogens with one attached hydrogen (secondary N) is 1. The van der Waals surface area contributed by atoms with E-state index in [-0.39, 0.29) is 22.8 Å². The summed E-state index contributed by atoms with van der Waals surface area (Å²) in [6, 6.07) is 10.4. The largest absolute Gasteiger partial charge is 0.449 e. The number of hydrogen-bond donors (Lipinski definition) is 1. The molecule has 0 saturated heterocycles. The van der Waals surface area contributed by atoms with Crippen molar-refractivity contribution in [1.29, 1.82) is 0 Å². The van der Waals surface area contributed by atoms with Crippen molar-refractivity contribution < 1.29 is 19.2 Å². The van der Waals surface area contributed by atoms with Gasteiger partial charge in [-0.3, -0.25) is 14.9 Å². The monoisotopic (exact) mass is 396 g/mol. The van der Waals surface area contributed by atoms with Crippen LogP contribution in [0, 0.1) is 10.1 Å². The number of esters is 1. The number of rotatable bonds is 6. The van der Waals surface area contributed by atoms with Crippen LogP contribution in [0.25, 0.3) is 0 Å². The number of benzene rings is 2. The van der Waals surface area contributed by atoms with Gasteiger partial charge < -0.3 is 10.1 Å². The maximum absolute atomic E-state index is 12.2. The normalized spacial score (nSPS) is 11.5. The number of nitro benzene ring substituents is 1. The van der Waals surface area contributed by atoms with Crippen LogP contribution < -0.4 is 5.32 Å². The second-order valence-corrected chi connectivity index (χ2v) is 6.09. The average molecular weight is 397 g/mol. The van der Waals surface area contributed by atoms with Gasteiger partial charge in [-0.2, -0.15) is 0 Å². The molecule has 9 heteroatoms. The molecule has 0 radical (unpaired) electrons. The smallest absolute Gasteiger partial charge is 0.340 e. The van der Waals surface area contributed by atoms with Crippen LogP contribution in [0.2, 0.25) is 10.0 Å². The molecule has 0 aliphatic carbocycles. The van der Waals surface area contributed by atoms with E-state index in [4.69, 9.17) is 27.9 Å². The molecule has 1 atom stereocenters. The second-order valence-electron chi connectivity index (χ2n) is 5.28. The lowest BCUT2D eigenvalue weighted by Gasteiger charge is -2.14. The van der Waals surface area contributed by atoms with E-state index >= 15 is 0 Å². The van der Waals surface area contributed by atoms with Gasteiger partial charge in [0.25, 0.3) is 11.6 Å². The summed E-state index contributed by atoms with van der Waals surface area (Å²) in [5.74, 6) is -1.47. The lowest BCUT2D eigenvalue weighted by atomic mass is 10.2. The predicted molar refractivity (Wildman–Crippen MR) is 96.3 cm³/mol. The molecular weight excluding hydrogens is 383 g/mol. The van der Waals surface area contributed by atoms with Crippen molar-refractivity contribution in [2.75, 3.05) is 0 Å². The zero-order valence-corrected chi connectivity index (χ0v) is 15.1. The molecule has 0 heterocycles. The van der Waals surface area contributed by atoms with Gasteiger partial charge in [0.05, 0.1) is 15.5 Å². The zero-order chi connectivity index (χ0) is 19.3. The molecule has 7 nitrogen and oxygen atoms in total. The number of amides is 1. The van der Waals surface area contributed by atoms with Crippen LogP contribution in [-0.2, 0) is 16.1 Å². The number of halogens is 2. The minimum Gasteiger partial charge on any atom is -0.449 e. The fraction of sp³-hybridized carbons (Fsp3) is 0.176. The summed E-state index contributed by atoms with van der Waals surface area (Å²) in [5.41, 5.74) is 0.214. The Balaban J connectivity index is 2.00. The third-order valence-electron chi connectivity index (χ3n) is 3.44. The summed E-state index contributed by atoms with van der Waals surface area (Å²) >= 11 is 11.9. The Bertz CT molecular complexity index is 857. The van der Waals surface area contributed by atoms with Gasteiger partial charge in [0, 0.05) is 23.7 Å². The van der Waals surface area contributed by atoms with Crippen molar-refractivity contribution in [3.8, 4) is 0 Å². The SMILES string of the molecule is CC(OC(=O)c1cc([N+](=O)[O-])ccc1Cl)C(=O)NCc1ccccc1Cl. The number of hydrogen-bond acceptors (Lipinski definition) is 5. The first-order valence-electron chi connectivity index (χ1n) is 7.45. The van der Waals surface area contributed by atoms with E-state index in [1.165, 1.54) is 19.1 Å². The molecule has 0 aliphatic heterocycles. The van der Waals surface area contributed by atoms with Crippen molar-refractivity contribution >= 4 is 40.8 Å². The first kappa shape index (κ1) is 19.7. The van der Waals surface area contributed by atoms with E-state index in [0.29, 0.717) is 10.6 Å². The van der Waals surface area contributed by atoms with Crippen molar-refractivity contribution in [1.82, 2.24) is 5.32 Å². The van der Waals surface area contributed by atoms with E-state index in [1.807, 2.05) is 0 Å². The van der Waals surface area contributed by atoms with Crippen molar-refractivity contribution in [3.05, 3.63) is 73.8 Å². The van der Waals surface area contributed by atoms with Crippen molar-refractivity contribution in [2.45, 2.75) is 19.6 Å². The molecular formula is C17H14Cl2N2O5. The summed E-state index contributed by atoms with van der Waals surface area (Å²) in [7, 11) is 0. The molecule has 2 aromatic carbocycles. The molecule has 0 bridgehead atoms. The van der Waals surface area contributed by atoms with Crippen molar-refractivity contribution in [3.63, 3.8) is 0 Å². The molecule has 1 amide bonds.